The molecule has 0 saturated carbocycles. The fourth-order valence-electron chi connectivity index (χ4n) is 1.57. The van der Waals surface area contributed by atoms with E-state index >= 15 is 0 Å². The van der Waals surface area contributed by atoms with Crippen LogP contribution >= 0.6 is 11.3 Å². The van der Waals surface area contributed by atoms with E-state index in [4.69, 9.17) is 5.53 Å². The van der Waals surface area contributed by atoms with Gasteiger partial charge in [-0.05, 0) is 35.4 Å². The molecule has 17 heavy (non-hydrogen) atoms. The van der Waals surface area contributed by atoms with Crippen LogP contribution in [0.3, 0.4) is 0 Å². The highest BCUT2D eigenvalue weighted by molar-refractivity contribution is 7.10. The van der Waals surface area contributed by atoms with Crippen molar-refractivity contribution in [1.29, 1.82) is 0 Å². The van der Waals surface area contributed by atoms with Crippen LogP contribution in [0.25, 0.3) is 10.4 Å². The zero-order chi connectivity index (χ0) is 12.3. The fourth-order valence-corrected chi connectivity index (χ4v) is 2.39. The van der Waals surface area contributed by atoms with Gasteiger partial charge in [-0.2, -0.15) is 0 Å². The summed E-state index contributed by atoms with van der Waals surface area (Å²) in [6.45, 7) is 2.47. The van der Waals surface area contributed by atoms with Crippen molar-refractivity contribution in [3.63, 3.8) is 0 Å². The number of aryl methyl sites for hydroxylation is 1. The first-order valence-electron chi connectivity index (χ1n) is 5.94. The van der Waals surface area contributed by atoms with Crippen LogP contribution in [0.2, 0.25) is 0 Å². The average molecular weight is 247 g/mol. The summed E-state index contributed by atoms with van der Waals surface area (Å²) in [5, 5.41) is 5.48. The maximum Gasteiger partial charge on any atom is 0.0880 e. The van der Waals surface area contributed by atoms with Crippen LogP contribution in [-0.2, 0) is 6.42 Å². The molecule has 0 bridgehead atoms. The minimum Gasteiger partial charge on any atom is -0.135 e. The Morgan fingerprint density at radius 2 is 2.29 bits per heavy atom. The Morgan fingerprint density at radius 1 is 1.41 bits per heavy atom. The molecule has 0 spiro atoms. The lowest BCUT2D eigenvalue weighted by Gasteiger charge is -1.98. The maximum atomic E-state index is 8.14. The van der Waals surface area contributed by atoms with Gasteiger partial charge in [0, 0.05) is 4.91 Å². The van der Waals surface area contributed by atoms with E-state index < -0.39 is 0 Å². The Labute approximate surface area is 106 Å². The third kappa shape index (κ3) is 5.44. The lowest BCUT2D eigenvalue weighted by Crippen LogP contribution is -1.86. The number of unbranched alkanes of at least 4 members (excludes halogenated alkanes) is 3. The summed E-state index contributed by atoms with van der Waals surface area (Å²) in [6.07, 6.45) is 6.20. The number of thiophene rings is 1. The van der Waals surface area contributed by atoms with Gasteiger partial charge in [0.1, 0.15) is 0 Å². The Hall–Kier alpha value is -1.43. The van der Waals surface area contributed by atoms with E-state index in [-0.39, 0.29) is 6.54 Å². The second-order valence-corrected chi connectivity index (χ2v) is 4.69. The van der Waals surface area contributed by atoms with Crippen LogP contribution in [0.15, 0.2) is 16.6 Å². The van der Waals surface area contributed by atoms with Crippen LogP contribution < -0.4 is 0 Å². The third-order valence-corrected chi connectivity index (χ3v) is 3.33. The van der Waals surface area contributed by atoms with Gasteiger partial charge >= 0.3 is 0 Å². The van der Waals surface area contributed by atoms with Crippen molar-refractivity contribution in [2.75, 3.05) is 6.54 Å². The van der Waals surface area contributed by atoms with Crippen LogP contribution in [-0.4, -0.2) is 6.54 Å². The molecule has 0 aromatic carbocycles. The number of rotatable bonds is 6. The van der Waals surface area contributed by atoms with Gasteiger partial charge in [-0.3, -0.25) is 0 Å². The van der Waals surface area contributed by atoms with E-state index in [1.54, 1.807) is 11.3 Å². The molecule has 0 aliphatic rings. The highest BCUT2D eigenvalue weighted by Crippen LogP contribution is 2.18. The quantitative estimate of drug-likeness (QED) is 0.233. The molecule has 4 heteroatoms. The first-order valence-corrected chi connectivity index (χ1v) is 6.82. The molecule has 0 fully saturated rings. The molecule has 90 valence electrons. The molecule has 1 rings (SSSR count). The zero-order valence-electron chi connectivity index (χ0n) is 10.1. The zero-order valence-corrected chi connectivity index (χ0v) is 11.0. The van der Waals surface area contributed by atoms with Crippen LogP contribution in [0.1, 0.15) is 43.0 Å². The molecule has 0 aliphatic carbocycles. The monoisotopic (exact) mass is 247 g/mol. The van der Waals surface area contributed by atoms with E-state index in [2.05, 4.69) is 40.2 Å². The lowest BCUT2D eigenvalue weighted by atomic mass is 10.1. The molecule has 1 aromatic heterocycles. The molecule has 1 heterocycles. The molecule has 0 atom stereocenters. The standard InChI is InChI=1S/C13H17N3S/c1-2-3-4-5-7-12-9-11-17-13(12)8-6-10-15-16-14/h9,11H,2-5,7,10H2,1H3. The number of hydrogen-bond donors (Lipinski definition) is 0. The summed E-state index contributed by atoms with van der Waals surface area (Å²) in [4.78, 5) is 3.79. The van der Waals surface area contributed by atoms with Gasteiger partial charge in [-0.25, -0.2) is 0 Å². The van der Waals surface area contributed by atoms with Crippen LogP contribution in [0, 0.1) is 11.8 Å². The first kappa shape index (κ1) is 13.6. The van der Waals surface area contributed by atoms with Gasteiger partial charge in [-0.15, -0.1) is 11.3 Å². The molecular formula is C13H17N3S. The number of azide groups is 1. The molecule has 0 amide bonds. The van der Waals surface area contributed by atoms with Crippen molar-refractivity contribution in [3.8, 4) is 11.8 Å². The summed E-state index contributed by atoms with van der Waals surface area (Å²) in [5.74, 6) is 5.94. The van der Waals surface area contributed by atoms with Gasteiger partial charge < -0.3 is 0 Å². The molecule has 0 N–H and O–H groups in total. The van der Waals surface area contributed by atoms with Gasteiger partial charge in [0.2, 0.25) is 0 Å². The topological polar surface area (TPSA) is 48.8 Å². The Balaban J connectivity index is 2.46. The minimum atomic E-state index is 0.254. The van der Waals surface area contributed by atoms with E-state index in [1.165, 1.54) is 31.2 Å². The van der Waals surface area contributed by atoms with Crippen molar-refractivity contribution in [2.24, 2.45) is 5.11 Å². The van der Waals surface area contributed by atoms with Crippen molar-refractivity contribution in [2.45, 2.75) is 39.0 Å². The fraction of sp³-hybridized carbons (Fsp3) is 0.538. The van der Waals surface area contributed by atoms with Crippen LogP contribution in [0.5, 0.6) is 0 Å². The SMILES string of the molecule is CCCCCCc1ccsc1C#CCN=[N+]=[N-]. The summed E-state index contributed by atoms with van der Waals surface area (Å²) in [6, 6.07) is 2.15. The maximum absolute atomic E-state index is 8.14. The van der Waals surface area contributed by atoms with Gasteiger partial charge in [-0.1, -0.05) is 43.1 Å². The smallest absolute Gasteiger partial charge is 0.0880 e. The Kier molecular flexibility index (Phi) is 6.97. The number of nitrogens with zero attached hydrogens (tertiary/aromatic N) is 3. The summed E-state index contributed by atoms with van der Waals surface area (Å²) >= 11 is 1.66. The van der Waals surface area contributed by atoms with E-state index in [1.807, 2.05) is 0 Å². The Bertz CT molecular complexity index is 433. The second-order valence-electron chi connectivity index (χ2n) is 3.78. The predicted molar refractivity (Wildman–Crippen MR) is 73.1 cm³/mol. The van der Waals surface area contributed by atoms with Crippen molar-refractivity contribution in [1.82, 2.24) is 0 Å². The summed E-state index contributed by atoms with van der Waals surface area (Å²) in [5.41, 5.74) is 9.47. The molecule has 0 radical (unpaired) electrons. The molecule has 1 aromatic rings. The highest BCUT2D eigenvalue weighted by Gasteiger charge is 2.00. The number of hydrogen-bond acceptors (Lipinski definition) is 2. The van der Waals surface area contributed by atoms with Gasteiger partial charge in [0.25, 0.3) is 0 Å². The van der Waals surface area contributed by atoms with E-state index in [0.717, 1.165) is 11.3 Å². The first-order chi connectivity index (χ1) is 8.38. The molecule has 0 unspecified atom stereocenters. The lowest BCUT2D eigenvalue weighted by molar-refractivity contribution is 0.667. The highest BCUT2D eigenvalue weighted by atomic mass is 32.1. The molecule has 0 aliphatic heterocycles. The Morgan fingerprint density at radius 3 is 3.06 bits per heavy atom. The second kappa shape index (κ2) is 8.69. The average Bonchev–Trinajstić information content (AvgIpc) is 2.78. The summed E-state index contributed by atoms with van der Waals surface area (Å²) < 4.78 is 0. The largest absolute Gasteiger partial charge is 0.135 e. The summed E-state index contributed by atoms with van der Waals surface area (Å²) in [7, 11) is 0. The predicted octanol–water partition coefficient (Wildman–Crippen LogP) is 4.53. The molecular weight excluding hydrogens is 230 g/mol. The van der Waals surface area contributed by atoms with E-state index in [0.29, 0.717) is 0 Å². The van der Waals surface area contributed by atoms with Gasteiger partial charge in [0.05, 0.1) is 11.4 Å². The molecule has 0 saturated heterocycles. The van der Waals surface area contributed by atoms with Crippen molar-refractivity contribution >= 4 is 11.3 Å². The van der Waals surface area contributed by atoms with E-state index in [9.17, 15) is 0 Å². The normalized spacial score (nSPS) is 9.24. The third-order valence-electron chi connectivity index (χ3n) is 2.46. The molecule has 3 nitrogen and oxygen atoms in total. The van der Waals surface area contributed by atoms with Crippen LogP contribution in [0.4, 0.5) is 0 Å². The van der Waals surface area contributed by atoms with Crippen molar-refractivity contribution < 1.29 is 0 Å². The minimum absolute atomic E-state index is 0.254. The van der Waals surface area contributed by atoms with Crippen molar-refractivity contribution in [3.05, 3.63) is 32.3 Å². The van der Waals surface area contributed by atoms with Gasteiger partial charge in [0.15, 0.2) is 0 Å².